The number of piperidine rings is 1. The van der Waals surface area contributed by atoms with Gasteiger partial charge in [-0.2, -0.15) is 0 Å². The predicted molar refractivity (Wildman–Crippen MR) is 128 cm³/mol. The van der Waals surface area contributed by atoms with Crippen LogP contribution in [0.5, 0.6) is 5.75 Å². The maximum atomic E-state index is 13.3. The van der Waals surface area contributed by atoms with E-state index in [2.05, 4.69) is 67.3 Å². The number of rotatable bonds is 2. The summed E-state index contributed by atoms with van der Waals surface area (Å²) in [4.78, 5) is 15.8. The van der Waals surface area contributed by atoms with Gasteiger partial charge in [0.2, 0.25) is 0 Å². The van der Waals surface area contributed by atoms with Crippen LogP contribution < -0.4 is 10.4 Å². The summed E-state index contributed by atoms with van der Waals surface area (Å²) in [5, 5.41) is 0.879. The lowest BCUT2D eigenvalue weighted by atomic mass is 9.55. The van der Waals surface area contributed by atoms with E-state index in [0.717, 1.165) is 18.4 Å². The maximum absolute atomic E-state index is 13.3. The average Bonchev–Trinajstić information content (AvgIpc) is 2.82. The van der Waals surface area contributed by atoms with Gasteiger partial charge in [-0.25, -0.2) is 4.79 Å². The third-order valence-corrected chi connectivity index (χ3v) is 8.07. The SMILES string of the molecule is Cc1ccc(CN2C3CC4(C)c5c(c6ccccc6oc5=O)OC2C4c2ccccc23)cc1. The van der Waals surface area contributed by atoms with Crippen LogP contribution in [0.15, 0.2) is 82.0 Å². The van der Waals surface area contributed by atoms with Crippen molar-refractivity contribution in [2.45, 2.75) is 50.4 Å². The molecule has 1 fully saturated rings. The van der Waals surface area contributed by atoms with Crippen molar-refractivity contribution >= 4 is 11.0 Å². The van der Waals surface area contributed by atoms with Crippen LogP contribution >= 0.6 is 0 Å². The van der Waals surface area contributed by atoms with Crippen LogP contribution in [-0.2, 0) is 12.0 Å². The Balaban J connectivity index is 1.46. The first kappa shape index (κ1) is 19.1. The van der Waals surface area contributed by atoms with Gasteiger partial charge in [-0.1, -0.05) is 73.2 Å². The van der Waals surface area contributed by atoms with E-state index in [1.807, 2.05) is 24.3 Å². The molecule has 0 radical (unpaired) electrons. The Labute approximate surface area is 192 Å². The molecule has 164 valence electrons. The van der Waals surface area contributed by atoms with Gasteiger partial charge in [0.05, 0.1) is 10.9 Å². The van der Waals surface area contributed by atoms with Crippen LogP contribution in [-0.4, -0.2) is 11.1 Å². The Bertz CT molecular complexity index is 1470. The van der Waals surface area contributed by atoms with Crippen molar-refractivity contribution in [3.63, 3.8) is 0 Å². The third-order valence-electron chi connectivity index (χ3n) is 8.07. The molecule has 1 aliphatic carbocycles. The summed E-state index contributed by atoms with van der Waals surface area (Å²) in [5.41, 5.74) is 5.89. The molecule has 8 rings (SSSR count). The van der Waals surface area contributed by atoms with Crippen LogP contribution in [0.1, 0.15) is 53.1 Å². The summed E-state index contributed by atoms with van der Waals surface area (Å²) in [6.07, 6.45) is 0.735. The van der Waals surface area contributed by atoms with E-state index < -0.39 is 0 Å². The van der Waals surface area contributed by atoms with Crippen molar-refractivity contribution in [2.75, 3.05) is 0 Å². The molecule has 0 saturated carbocycles. The minimum absolute atomic E-state index is 0.0701. The van der Waals surface area contributed by atoms with Crippen molar-refractivity contribution in [1.82, 2.24) is 4.90 Å². The zero-order valence-corrected chi connectivity index (χ0v) is 18.7. The molecule has 1 saturated heterocycles. The van der Waals surface area contributed by atoms with Gasteiger partial charge in [0, 0.05) is 23.9 Å². The van der Waals surface area contributed by atoms with Crippen molar-refractivity contribution in [2.24, 2.45) is 0 Å². The smallest absolute Gasteiger partial charge is 0.343 e. The molecular formula is C29H25NO3. The van der Waals surface area contributed by atoms with E-state index in [0.29, 0.717) is 16.9 Å². The number of aryl methyl sites for hydroxylation is 1. The number of hydrogen-bond donors (Lipinski definition) is 0. The maximum Gasteiger partial charge on any atom is 0.343 e. The number of fused-ring (bicyclic) bond motifs is 3. The largest absolute Gasteiger partial charge is 0.473 e. The van der Waals surface area contributed by atoms with Gasteiger partial charge in [-0.05, 0) is 42.2 Å². The van der Waals surface area contributed by atoms with Gasteiger partial charge in [0.1, 0.15) is 11.3 Å². The first-order chi connectivity index (χ1) is 16.0. The Morgan fingerprint density at radius 2 is 1.70 bits per heavy atom. The van der Waals surface area contributed by atoms with Gasteiger partial charge in [-0.3, -0.25) is 4.90 Å². The summed E-state index contributed by atoms with van der Waals surface area (Å²) in [6.45, 7) is 5.17. The van der Waals surface area contributed by atoms with Gasteiger partial charge < -0.3 is 9.15 Å². The summed E-state index contributed by atoms with van der Waals surface area (Å²) in [6, 6.07) is 25.4. The Kier molecular flexibility index (Phi) is 3.82. The molecule has 4 atom stereocenters. The first-order valence-electron chi connectivity index (χ1n) is 11.7. The molecule has 3 aromatic carbocycles. The molecule has 4 aromatic rings. The van der Waals surface area contributed by atoms with Crippen LogP contribution in [0.4, 0.5) is 0 Å². The van der Waals surface area contributed by atoms with Crippen molar-refractivity contribution in [3.8, 4) is 5.75 Å². The Hall–Kier alpha value is -3.37. The zero-order chi connectivity index (χ0) is 22.3. The highest BCUT2D eigenvalue weighted by Gasteiger charge is 2.61. The summed E-state index contributed by atoms with van der Waals surface area (Å²) in [5.74, 6) is 0.776. The van der Waals surface area contributed by atoms with Gasteiger partial charge >= 0.3 is 5.63 Å². The molecule has 0 spiro atoms. The second-order valence-corrected chi connectivity index (χ2v) is 10.0. The Morgan fingerprint density at radius 1 is 0.970 bits per heavy atom. The second-order valence-electron chi connectivity index (χ2n) is 10.0. The van der Waals surface area contributed by atoms with Crippen LogP contribution in [0.2, 0.25) is 0 Å². The van der Waals surface area contributed by atoms with E-state index in [4.69, 9.17) is 9.15 Å². The fourth-order valence-corrected chi connectivity index (χ4v) is 6.57. The molecule has 0 N–H and O–H groups in total. The topological polar surface area (TPSA) is 42.7 Å². The summed E-state index contributed by atoms with van der Waals surface area (Å²) < 4.78 is 12.6. The fourth-order valence-electron chi connectivity index (χ4n) is 6.57. The lowest BCUT2D eigenvalue weighted by Crippen LogP contribution is -2.63. The van der Waals surface area contributed by atoms with Crippen molar-refractivity contribution in [3.05, 3.63) is 111 Å². The van der Waals surface area contributed by atoms with E-state index in [1.165, 1.54) is 22.3 Å². The molecule has 3 aliphatic heterocycles. The minimum atomic E-state index is -0.342. The fraction of sp³-hybridized carbons (Fsp3) is 0.276. The molecule has 4 bridgehead atoms. The Morgan fingerprint density at radius 3 is 2.52 bits per heavy atom. The molecule has 4 unspecified atom stereocenters. The highest BCUT2D eigenvalue weighted by molar-refractivity contribution is 5.85. The van der Waals surface area contributed by atoms with Gasteiger partial charge in [-0.15, -0.1) is 0 Å². The molecule has 0 amide bonds. The zero-order valence-electron chi connectivity index (χ0n) is 18.7. The molecule has 4 heteroatoms. The standard InChI is InChI=1S/C29H25NO3/c1-17-11-13-18(14-12-17)16-30-22-15-29(2)24(20-8-4-3-7-19(20)22)27(30)33-26-21-9-5-6-10-23(21)32-28(31)25(26)29/h3-14,22,24,27H,15-16H2,1-2H3. The number of benzene rings is 3. The average molecular weight is 436 g/mol. The highest BCUT2D eigenvalue weighted by atomic mass is 16.5. The van der Waals surface area contributed by atoms with Crippen LogP contribution in [0.25, 0.3) is 11.0 Å². The molecule has 33 heavy (non-hydrogen) atoms. The van der Waals surface area contributed by atoms with E-state index in [-0.39, 0.29) is 29.2 Å². The molecule has 4 heterocycles. The third kappa shape index (κ3) is 2.53. The van der Waals surface area contributed by atoms with E-state index in [1.54, 1.807) is 0 Å². The normalized spacial score (nSPS) is 27.2. The first-order valence-corrected chi connectivity index (χ1v) is 11.7. The van der Waals surface area contributed by atoms with Gasteiger partial charge in [0.15, 0.2) is 6.23 Å². The predicted octanol–water partition coefficient (Wildman–Crippen LogP) is 5.82. The number of hydrogen-bond acceptors (Lipinski definition) is 4. The second kappa shape index (κ2) is 6.58. The van der Waals surface area contributed by atoms with E-state index in [9.17, 15) is 4.79 Å². The molecule has 4 aliphatic rings. The van der Waals surface area contributed by atoms with Crippen LogP contribution in [0, 0.1) is 6.92 Å². The molecular weight excluding hydrogens is 410 g/mol. The summed E-state index contributed by atoms with van der Waals surface area (Å²) >= 11 is 0. The number of para-hydroxylation sites is 1. The molecule has 4 nitrogen and oxygen atoms in total. The van der Waals surface area contributed by atoms with Crippen LogP contribution in [0.3, 0.4) is 0 Å². The lowest BCUT2D eigenvalue weighted by Gasteiger charge is -2.61. The van der Waals surface area contributed by atoms with Crippen molar-refractivity contribution in [1.29, 1.82) is 0 Å². The highest BCUT2D eigenvalue weighted by Crippen LogP contribution is 2.63. The van der Waals surface area contributed by atoms with E-state index >= 15 is 0 Å². The summed E-state index contributed by atoms with van der Waals surface area (Å²) in [7, 11) is 0. The lowest BCUT2D eigenvalue weighted by molar-refractivity contribution is -0.118. The minimum Gasteiger partial charge on any atom is -0.473 e. The molecule has 1 aromatic heterocycles. The monoisotopic (exact) mass is 435 g/mol. The van der Waals surface area contributed by atoms with Crippen molar-refractivity contribution < 1.29 is 9.15 Å². The van der Waals surface area contributed by atoms with Gasteiger partial charge in [0.25, 0.3) is 0 Å². The number of nitrogens with zero attached hydrogens (tertiary/aromatic N) is 1. The number of ether oxygens (including phenoxy) is 1. The quantitative estimate of drug-likeness (QED) is 0.372.